The molecule has 2 aromatic carbocycles. The summed E-state index contributed by atoms with van der Waals surface area (Å²) in [4.78, 5) is 32.6. The zero-order valence-electron chi connectivity index (χ0n) is 21.0. The Morgan fingerprint density at radius 3 is 2.47 bits per heavy atom. The third-order valence-corrected chi connectivity index (χ3v) is 6.89. The van der Waals surface area contributed by atoms with Gasteiger partial charge in [0.2, 0.25) is 17.8 Å². The van der Waals surface area contributed by atoms with Gasteiger partial charge in [0.25, 0.3) is 0 Å². The molecule has 36 heavy (non-hydrogen) atoms. The van der Waals surface area contributed by atoms with E-state index < -0.39 is 0 Å². The Bertz CT molecular complexity index is 1190. The van der Waals surface area contributed by atoms with Gasteiger partial charge in [0.05, 0.1) is 11.8 Å². The maximum Gasteiger partial charge on any atom is 0.246 e. The molecule has 2 fully saturated rings. The quantitative estimate of drug-likeness (QED) is 0.461. The van der Waals surface area contributed by atoms with E-state index in [2.05, 4.69) is 31.3 Å². The fraction of sp³-hybridized carbons (Fsp3) is 0.414. The number of imidazole rings is 1. The molecular formula is C29H34N4O3. The molecule has 1 aromatic heterocycles. The van der Waals surface area contributed by atoms with Crippen LogP contribution in [0.15, 0.2) is 60.8 Å². The summed E-state index contributed by atoms with van der Waals surface area (Å²) in [6, 6.07) is 18.2. The third-order valence-electron chi connectivity index (χ3n) is 6.89. The molecule has 3 aromatic rings. The van der Waals surface area contributed by atoms with Crippen LogP contribution >= 0.6 is 0 Å². The molecular weight excluding hydrogens is 452 g/mol. The molecule has 1 aliphatic heterocycles. The molecule has 7 heteroatoms. The molecule has 1 saturated heterocycles. The van der Waals surface area contributed by atoms with Crippen LogP contribution in [0.25, 0.3) is 16.9 Å². The molecule has 5 rings (SSSR count). The van der Waals surface area contributed by atoms with Crippen LogP contribution in [0, 0.1) is 5.92 Å². The van der Waals surface area contributed by atoms with Crippen LogP contribution in [0.4, 0.5) is 5.95 Å². The zero-order chi connectivity index (χ0) is 25.1. The minimum atomic E-state index is -0.257. The lowest BCUT2D eigenvalue weighted by molar-refractivity contribution is -0.137. The predicted octanol–water partition coefficient (Wildman–Crippen LogP) is 5.02. The lowest BCUT2D eigenvalue weighted by atomic mass is 10.0. The van der Waals surface area contributed by atoms with Crippen molar-refractivity contribution in [3.05, 3.63) is 66.4 Å². The van der Waals surface area contributed by atoms with Crippen molar-refractivity contribution in [3.63, 3.8) is 0 Å². The van der Waals surface area contributed by atoms with E-state index in [1.807, 2.05) is 53.2 Å². The van der Waals surface area contributed by atoms with Crippen LogP contribution < -0.4 is 5.32 Å². The van der Waals surface area contributed by atoms with Crippen molar-refractivity contribution >= 4 is 17.8 Å². The molecule has 2 amide bonds. The van der Waals surface area contributed by atoms with Crippen molar-refractivity contribution in [2.75, 3.05) is 25.0 Å². The number of amides is 2. The van der Waals surface area contributed by atoms with Gasteiger partial charge in [0.1, 0.15) is 6.54 Å². The number of carbonyl (C=O) groups is 2. The number of carbonyl (C=O) groups excluding carboxylic acids is 2. The SMILES string of the molecule is CC(C)c1ccc(-n2cc(-c3ccccc3)nc2NC(=O)CN(C[C@@H]2CCCO2)C(=O)C2CC2)cc1. The van der Waals surface area contributed by atoms with E-state index in [-0.39, 0.29) is 30.4 Å². The van der Waals surface area contributed by atoms with Crippen molar-refractivity contribution in [2.24, 2.45) is 5.92 Å². The summed E-state index contributed by atoms with van der Waals surface area (Å²) in [5.74, 6) is 0.711. The number of ether oxygens (including phenoxy) is 1. The summed E-state index contributed by atoms with van der Waals surface area (Å²) in [6.45, 7) is 5.50. The Hall–Kier alpha value is -3.45. The molecule has 1 saturated carbocycles. The highest BCUT2D eigenvalue weighted by atomic mass is 16.5. The number of nitrogens with one attached hydrogen (secondary N) is 1. The van der Waals surface area contributed by atoms with Crippen LogP contribution in [0.2, 0.25) is 0 Å². The fourth-order valence-corrected chi connectivity index (χ4v) is 4.63. The van der Waals surface area contributed by atoms with Gasteiger partial charge in [-0.1, -0.05) is 56.3 Å². The first-order chi connectivity index (χ1) is 17.5. The summed E-state index contributed by atoms with van der Waals surface area (Å²) in [7, 11) is 0. The summed E-state index contributed by atoms with van der Waals surface area (Å²) < 4.78 is 7.65. The average Bonchev–Trinajstić information content (AvgIpc) is 3.46. The van der Waals surface area contributed by atoms with Crippen molar-refractivity contribution < 1.29 is 14.3 Å². The Kier molecular flexibility index (Phi) is 7.18. The van der Waals surface area contributed by atoms with Gasteiger partial charge in [0.15, 0.2) is 0 Å². The summed E-state index contributed by atoms with van der Waals surface area (Å²) in [6.07, 6.45) is 5.67. The molecule has 188 valence electrons. The first kappa shape index (κ1) is 24.3. The van der Waals surface area contributed by atoms with Gasteiger partial charge in [-0.25, -0.2) is 4.98 Å². The van der Waals surface area contributed by atoms with E-state index in [4.69, 9.17) is 9.72 Å². The van der Waals surface area contributed by atoms with E-state index in [0.717, 1.165) is 49.2 Å². The third kappa shape index (κ3) is 5.68. The number of nitrogens with zero attached hydrogens (tertiary/aromatic N) is 3. The molecule has 1 aliphatic carbocycles. The smallest absolute Gasteiger partial charge is 0.246 e. The number of hydrogen-bond donors (Lipinski definition) is 1. The minimum absolute atomic E-state index is 0.00495. The van der Waals surface area contributed by atoms with Gasteiger partial charge in [-0.15, -0.1) is 0 Å². The monoisotopic (exact) mass is 486 g/mol. The van der Waals surface area contributed by atoms with Crippen molar-refractivity contribution in [1.82, 2.24) is 14.5 Å². The van der Waals surface area contributed by atoms with Gasteiger partial charge in [-0.2, -0.15) is 0 Å². The van der Waals surface area contributed by atoms with Gasteiger partial charge >= 0.3 is 0 Å². The van der Waals surface area contributed by atoms with Gasteiger partial charge in [-0.3, -0.25) is 19.5 Å². The second-order valence-electron chi connectivity index (χ2n) is 10.1. The fourth-order valence-electron chi connectivity index (χ4n) is 4.63. The standard InChI is InChI=1S/C29H34N4O3/c1-20(2)21-12-14-24(15-13-21)33-18-26(22-7-4-3-5-8-22)30-29(33)31-27(34)19-32(28(35)23-10-11-23)17-25-9-6-16-36-25/h3-5,7-8,12-15,18,20,23,25H,6,9-11,16-17,19H2,1-2H3,(H,30,31,34)/t25-/m0/s1. The molecule has 2 aliphatic rings. The highest BCUT2D eigenvalue weighted by Gasteiger charge is 2.35. The number of rotatable bonds is 9. The average molecular weight is 487 g/mol. The van der Waals surface area contributed by atoms with Crippen molar-refractivity contribution in [3.8, 4) is 16.9 Å². The van der Waals surface area contributed by atoms with Gasteiger partial charge < -0.3 is 9.64 Å². The van der Waals surface area contributed by atoms with Crippen LogP contribution in [0.3, 0.4) is 0 Å². The molecule has 0 radical (unpaired) electrons. The van der Waals surface area contributed by atoms with Gasteiger partial charge in [-0.05, 0) is 49.3 Å². The van der Waals surface area contributed by atoms with E-state index >= 15 is 0 Å². The Balaban J connectivity index is 1.39. The lowest BCUT2D eigenvalue weighted by Crippen LogP contribution is -2.43. The Labute approximate surface area is 212 Å². The summed E-state index contributed by atoms with van der Waals surface area (Å²) in [5.41, 5.74) is 3.89. The molecule has 7 nitrogen and oxygen atoms in total. The first-order valence-electron chi connectivity index (χ1n) is 12.9. The van der Waals surface area contributed by atoms with E-state index in [1.165, 1.54) is 5.56 Å². The summed E-state index contributed by atoms with van der Waals surface area (Å²) >= 11 is 0. The maximum atomic E-state index is 13.2. The Morgan fingerprint density at radius 2 is 1.83 bits per heavy atom. The van der Waals surface area contributed by atoms with Crippen LogP contribution in [0.1, 0.15) is 51.0 Å². The van der Waals surface area contributed by atoms with E-state index in [1.54, 1.807) is 4.90 Å². The number of benzene rings is 2. The van der Waals surface area contributed by atoms with Crippen molar-refractivity contribution in [1.29, 1.82) is 0 Å². The molecule has 0 spiro atoms. The largest absolute Gasteiger partial charge is 0.376 e. The molecule has 2 heterocycles. The van der Waals surface area contributed by atoms with E-state index in [0.29, 0.717) is 18.4 Å². The maximum absolute atomic E-state index is 13.2. The molecule has 0 unspecified atom stereocenters. The topological polar surface area (TPSA) is 76.5 Å². The lowest BCUT2D eigenvalue weighted by Gasteiger charge is -2.25. The second-order valence-corrected chi connectivity index (χ2v) is 10.1. The normalized spacial score (nSPS) is 17.4. The number of aromatic nitrogens is 2. The molecule has 0 bridgehead atoms. The zero-order valence-corrected chi connectivity index (χ0v) is 21.0. The van der Waals surface area contributed by atoms with E-state index in [9.17, 15) is 9.59 Å². The van der Waals surface area contributed by atoms with Crippen LogP contribution in [0.5, 0.6) is 0 Å². The first-order valence-corrected chi connectivity index (χ1v) is 12.9. The Morgan fingerprint density at radius 1 is 1.08 bits per heavy atom. The van der Waals surface area contributed by atoms with Crippen molar-refractivity contribution in [2.45, 2.75) is 51.6 Å². The predicted molar refractivity (Wildman–Crippen MR) is 140 cm³/mol. The summed E-state index contributed by atoms with van der Waals surface area (Å²) in [5, 5.41) is 2.98. The highest BCUT2D eigenvalue weighted by molar-refractivity contribution is 5.94. The van der Waals surface area contributed by atoms with Gasteiger partial charge in [0, 0.05) is 36.5 Å². The van der Waals surface area contributed by atoms with Crippen LogP contribution in [-0.4, -0.2) is 52.1 Å². The number of anilines is 1. The number of hydrogen-bond acceptors (Lipinski definition) is 4. The molecule has 1 N–H and O–H groups in total. The minimum Gasteiger partial charge on any atom is -0.376 e. The second kappa shape index (κ2) is 10.7. The van der Waals surface area contributed by atoms with Crippen LogP contribution in [-0.2, 0) is 14.3 Å². The highest BCUT2D eigenvalue weighted by Crippen LogP contribution is 2.31. The molecule has 1 atom stereocenters.